The third-order valence-corrected chi connectivity index (χ3v) is 4.12. The van der Waals surface area contributed by atoms with Crippen molar-refractivity contribution < 1.29 is 13.2 Å². The largest absolute Gasteiger partial charge is 0.497 e. The predicted octanol–water partition coefficient (Wildman–Crippen LogP) is 2.61. The number of nitrogens with two attached hydrogens (primary N) is 1. The van der Waals surface area contributed by atoms with Crippen molar-refractivity contribution in [3.63, 3.8) is 0 Å². The van der Waals surface area contributed by atoms with E-state index in [1.165, 1.54) is 18.2 Å². The smallest absolute Gasteiger partial charge is 0.238 e. The lowest BCUT2D eigenvalue weighted by molar-refractivity contribution is 0.414. The molecule has 3 N–H and O–H groups in total. The van der Waals surface area contributed by atoms with E-state index in [-0.39, 0.29) is 4.90 Å². The lowest BCUT2D eigenvalue weighted by atomic mass is 10.2. The van der Waals surface area contributed by atoms with E-state index in [0.717, 1.165) is 11.3 Å². The molecule has 0 heterocycles. The molecule has 0 spiro atoms. The van der Waals surface area contributed by atoms with E-state index >= 15 is 0 Å². The van der Waals surface area contributed by atoms with E-state index in [9.17, 15) is 8.42 Å². The molecule has 0 radical (unpaired) electrons. The fraction of sp³-hybridized carbons (Fsp3) is 0.143. The Kier molecular flexibility index (Phi) is 4.72. The van der Waals surface area contributed by atoms with E-state index in [1.54, 1.807) is 7.11 Å². The van der Waals surface area contributed by atoms with Gasteiger partial charge >= 0.3 is 0 Å². The molecule has 7 heteroatoms. The average molecular weight is 327 g/mol. The highest BCUT2D eigenvalue weighted by Gasteiger charge is 2.10. The number of anilines is 1. The molecule has 112 valence electrons. The van der Waals surface area contributed by atoms with Crippen molar-refractivity contribution in [2.75, 3.05) is 12.4 Å². The molecule has 0 amide bonds. The fourth-order valence-electron chi connectivity index (χ4n) is 1.80. The third kappa shape index (κ3) is 4.10. The predicted molar refractivity (Wildman–Crippen MR) is 83.1 cm³/mol. The molecule has 0 unspecified atom stereocenters. The van der Waals surface area contributed by atoms with Gasteiger partial charge in [-0.15, -0.1) is 0 Å². The number of sulfonamides is 1. The maximum absolute atomic E-state index is 11.3. The lowest BCUT2D eigenvalue weighted by Crippen LogP contribution is -2.12. The first-order chi connectivity index (χ1) is 9.90. The van der Waals surface area contributed by atoms with Crippen molar-refractivity contribution in [1.82, 2.24) is 0 Å². The standard InChI is InChI=1S/C14H15ClN2O3S/c1-20-11-4-2-3-10(7-11)9-17-14-8-12(21(16,18)19)5-6-13(14)15/h2-8,17H,9H2,1H3,(H2,16,18,19). The molecule has 2 aromatic carbocycles. The molecule has 2 aromatic rings. The molecule has 0 saturated heterocycles. The summed E-state index contributed by atoms with van der Waals surface area (Å²) >= 11 is 6.05. The molecule has 0 aliphatic carbocycles. The molecule has 0 aliphatic heterocycles. The van der Waals surface area contributed by atoms with Gasteiger partial charge in [-0.2, -0.15) is 0 Å². The third-order valence-electron chi connectivity index (χ3n) is 2.88. The van der Waals surface area contributed by atoms with Crippen LogP contribution in [0.25, 0.3) is 0 Å². The first kappa shape index (κ1) is 15.6. The number of rotatable bonds is 5. The zero-order valence-corrected chi connectivity index (χ0v) is 12.9. The Morgan fingerprint density at radius 3 is 2.67 bits per heavy atom. The summed E-state index contributed by atoms with van der Waals surface area (Å²) in [6.45, 7) is 0.477. The first-order valence-electron chi connectivity index (χ1n) is 6.09. The van der Waals surface area contributed by atoms with E-state index in [1.807, 2.05) is 24.3 Å². The maximum atomic E-state index is 11.3. The molecule has 2 rings (SSSR count). The van der Waals surface area contributed by atoms with Crippen molar-refractivity contribution >= 4 is 27.3 Å². The Balaban J connectivity index is 2.19. The Bertz CT molecular complexity index is 748. The van der Waals surface area contributed by atoms with Gasteiger partial charge in [-0.1, -0.05) is 23.7 Å². The minimum Gasteiger partial charge on any atom is -0.497 e. The summed E-state index contributed by atoms with van der Waals surface area (Å²) in [7, 11) is -2.16. The van der Waals surface area contributed by atoms with Crippen molar-refractivity contribution in [3.8, 4) is 5.75 Å². The number of nitrogens with one attached hydrogen (secondary N) is 1. The summed E-state index contributed by atoms with van der Waals surface area (Å²) in [5.74, 6) is 0.749. The number of primary sulfonamides is 1. The summed E-state index contributed by atoms with van der Waals surface area (Å²) in [4.78, 5) is 0.0139. The van der Waals surface area contributed by atoms with Gasteiger partial charge in [-0.25, -0.2) is 13.6 Å². The SMILES string of the molecule is COc1cccc(CNc2cc(S(N)(=O)=O)ccc2Cl)c1. The van der Waals surface area contributed by atoms with Crippen LogP contribution in [0.15, 0.2) is 47.4 Å². The quantitative estimate of drug-likeness (QED) is 0.885. The second-order valence-electron chi connectivity index (χ2n) is 4.39. The van der Waals surface area contributed by atoms with Crippen LogP contribution in [0.4, 0.5) is 5.69 Å². The minimum atomic E-state index is -3.75. The first-order valence-corrected chi connectivity index (χ1v) is 8.02. The fourth-order valence-corrected chi connectivity index (χ4v) is 2.52. The van der Waals surface area contributed by atoms with Crippen LogP contribution in [0.2, 0.25) is 5.02 Å². The molecular weight excluding hydrogens is 312 g/mol. The second-order valence-corrected chi connectivity index (χ2v) is 6.36. The molecule has 0 saturated carbocycles. The van der Waals surface area contributed by atoms with Gasteiger partial charge < -0.3 is 10.1 Å². The van der Waals surface area contributed by atoms with E-state index in [0.29, 0.717) is 17.3 Å². The molecule has 0 atom stereocenters. The van der Waals surface area contributed by atoms with Gasteiger partial charge in [0.15, 0.2) is 0 Å². The van der Waals surface area contributed by atoms with Crippen LogP contribution in [0.3, 0.4) is 0 Å². The lowest BCUT2D eigenvalue weighted by Gasteiger charge is -2.10. The van der Waals surface area contributed by atoms with Crippen LogP contribution in [-0.4, -0.2) is 15.5 Å². The zero-order chi connectivity index (χ0) is 15.5. The number of halogens is 1. The summed E-state index contributed by atoms with van der Waals surface area (Å²) < 4.78 is 27.8. The summed E-state index contributed by atoms with van der Waals surface area (Å²) in [5.41, 5.74) is 1.48. The van der Waals surface area contributed by atoms with Crippen molar-refractivity contribution in [2.24, 2.45) is 5.14 Å². The molecule has 0 bridgehead atoms. The molecular formula is C14H15ClN2O3S. The summed E-state index contributed by atoms with van der Waals surface area (Å²) in [5, 5.41) is 8.61. The van der Waals surface area contributed by atoms with E-state index in [2.05, 4.69) is 5.32 Å². The molecule has 0 aliphatic rings. The second kappa shape index (κ2) is 6.34. The highest BCUT2D eigenvalue weighted by Crippen LogP contribution is 2.25. The minimum absolute atomic E-state index is 0.0139. The van der Waals surface area contributed by atoms with Crippen LogP contribution >= 0.6 is 11.6 Å². The average Bonchev–Trinajstić information content (AvgIpc) is 2.45. The summed E-state index contributed by atoms with van der Waals surface area (Å²) in [6, 6.07) is 11.8. The van der Waals surface area contributed by atoms with Crippen LogP contribution in [0.5, 0.6) is 5.75 Å². The van der Waals surface area contributed by atoms with Gasteiger partial charge in [-0.3, -0.25) is 0 Å². The van der Waals surface area contributed by atoms with Crippen LogP contribution in [-0.2, 0) is 16.6 Å². The van der Waals surface area contributed by atoms with Gasteiger partial charge in [0.05, 0.1) is 22.7 Å². The maximum Gasteiger partial charge on any atom is 0.238 e. The molecule has 5 nitrogen and oxygen atoms in total. The zero-order valence-electron chi connectivity index (χ0n) is 11.3. The van der Waals surface area contributed by atoms with Gasteiger partial charge in [0.25, 0.3) is 0 Å². The van der Waals surface area contributed by atoms with Gasteiger partial charge in [0.1, 0.15) is 5.75 Å². The molecule has 0 aromatic heterocycles. The van der Waals surface area contributed by atoms with Crippen molar-refractivity contribution in [2.45, 2.75) is 11.4 Å². The van der Waals surface area contributed by atoms with Gasteiger partial charge in [0.2, 0.25) is 10.0 Å². The Morgan fingerprint density at radius 1 is 1.24 bits per heavy atom. The van der Waals surface area contributed by atoms with Crippen LogP contribution in [0, 0.1) is 0 Å². The van der Waals surface area contributed by atoms with Gasteiger partial charge in [0, 0.05) is 6.54 Å². The Hall–Kier alpha value is -1.76. The highest BCUT2D eigenvalue weighted by atomic mass is 35.5. The van der Waals surface area contributed by atoms with Crippen molar-refractivity contribution in [3.05, 3.63) is 53.1 Å². The monoisotopic (exact) mass is 326 g/mol. The molecule has 0 fully saturated rings. The number of hydrogen-bond acceptors (Lipinski definition) is 4. The highest BCUT2D eigenvalue weighted by molar-refractivity contribution is 7.89. The number of hydrogen-bond donors (Lipinski definition) is 2. The van der Waals surface area contributed by atoms with E-state index < -0.39 is 10.0 Å². The summed E-state index contributed by atoms with van der Waals surface area (Å²) in [6.07, 6.45) is 0. The van der Waals surface area contributed by atoms with Crippen LogP contribution < -0.4 is 15.2 Å². The van der Waals surface area contributed by atoms with E-state index in [4.69, 9.17) is 21.5 Å². The molecule has 21 heavy (non-hydrogen) atoms. The van der Waals surface area contributed by atoms with Crippen LogP contribution in [0.1, 0.15) is 5.56 Å². The Labute approximate surface area is 128 Å². The topological polar surface area (TPSA) is 81.4 Å². The number of methoxy groups -OCH3 is 1. The normalized spacial score (nSPS) is 11.2. The number of ether oxygens (including phenoxy) is 1. The van der Waals surface area contributed by atoms with Gasteiger partial charge in [-0.05, 0) is 35.9 Å². The van der Waals surface area contributed by atoms with Crippen molar-refractivity contribution in [1.29, 1.82) is 0 Å². The Morgan fingerprint density at radius 2 is 2.00 bits per heavy atom. The number of benzene rings is 2.